The van der Waals surface area contributed by atoms with Gasteiger partial charge in [-0.25, -0.2) is 4.79 Å². The highest BCUT2D eigenvalue weighted by atomic mass is 16.7. The van der Waals surface area contributed by atoms with E-state index < -0.39 is 12.3 Å². The molecule has 0 fully saturated rings. The Kier molecular flexibility index (Phi) is 5.29. The van der Waals surface area contributed by atoms with Crippen LogP contribution < -0.4 is 0 Å². The first-order chi connectivity index (χ1) is 9.75. The maximum Gasteiger partial charge on any atom is 0.361 e. The van der Waals surface area contributed by atoms with Crippen molar-refractivity contribution in [3.05, 3.63) is 71.8 Å². The van der Waals surface area contributed by atoms with Crippen LogP contribution in [-0.2, 0) is 27.5 Å². The summed E-state index contributed by atoms with van der Waals surface area (Å²) < 4.78 is 10.6. The quantitative estimate of drug-likeness (QED) is 0.787. The number of carboxylic acid groups (broad SMARTS) is 1. The average Bonchev–Trinajstić information content (AvgIpc) is 2.49. The van der Waals surface area contributed by atoms with Crippen LogP contribution in [0.4, 0.5) is 0 Å². The van der Waals surface area contributed by atoms with Crippen molar-refractivity contribution in [3.63, 3.8) is 0 Å². The summed E-state index contributed by atoms with van der Waals surface area (Å²) in [5, 5.41) is 9.08. The Morgan fingerprint density at radius 1 is 0.850 bits per heavy atom. The van der Waals surface area contributed by atoms with E-state index in [0.717, 1.165) is 11.1 Å². The van der Waals surface area contributed by atoms with Gasteiger partial charge < -0.3 is 14.6 Å². The van der Waals surface area contributed by atoms with E-state index >= 15 is 0 Å². The topological polar surface area (TPSA) is 55.8 Å². The predicted molar refractivity (Wildman–Crippen MR) is 73.9 cm³/mol. The molecule has 0 bridgehead atoms. The number of rotatable bonds is 7. The van der Waals surface area contributed by atoms with Crippen molar-refractivity contribution in [1.82, 2.24) is 0 Å². The van der Waals surface area contributed by atoms with Gasteiger partial charge in [0, 0.05) is 0 Å². The Hall–Kier alpha value is -2.17. The van der Waals surface area contributed by atoms with Gasteiger partial charge in [0.2, 0.25) is 0 Å². The number of carboxylic acids is 1. The number of hydrogen-bond donors (Lipinski definition) is 1. The number of hydrogen-bond acceptors (Lipinski definition) is 3. The fourth-order valence-corrected chi connectivity index (χ4v) is 1.68. The van der Waals surface area contributed by atoms with E-state index in [-0.39, 0.29) is 13.2 Å². The van der Waals surface area contributed by atoms with E-state index in [9.17, 15) is 4.79 Å². The summed E-state index contributed by atoms with van der Waals surface area (Å²) in [4.78, 5) is 11.1. The first-order valence-corrected chi connectivity index (χ1v) is 6.29. The lowest BCUT2D eigenvalue weighted by molar-refractivity contribution is -0.195. The molecule has 1 N–H and O–H groups in total. The Morgan fingerprint density at radius 2 is 1.25 bits per heavy atom. The van der Waals surface area contributed by atoms with Gasteiger partial charge in [-0.3, -0.25) is 0 Å². The van der Waals surface area contributed by atoms with E-state index in [1.165, 1.54) is 0 Å². The molecule has 0 spiro atoms. The minimum atomic E-state index is -1.27. The molecule has 2 aromatic carbocycles. The molecule has 0 aromatic heterocycles. The molecular weight excluding hydrogens is 256 g/mol. The summed E-state index contributed by atoms with van der Waals surface area (Å²) >= 11 is 0. The fourth-order valence-electron chi connectivity index (χ4n) is 1.68. The van der Waals surface area contributed by atoms with Crippen molar-refractivity contribution < 1.29 is 19.4 Å². The van der Waals surface area contributed by atoms with Crippen LogP contribution in [0.25, 0.3) is 0 Å². The molecule has 0 unspecified atom stereocenters. The van der Waals surface area contributed by atoms with Gasteiger partial charge in [-0.1, -0.05) is 60.7 Å². The predicted octanol–water partition coefficient (Wildman–Crippen LogP) is 2.83. The molecule has 0 heterocycles. The van der Waals surface area contributed by atoms with E-state index in [4.69, 9.17) is 14.6 Å². The van der Waals surface area contributed by atoms with Crippen molar-refractivity contribution in [2.24, 2.45) is 0 Å². The van der Waals surface area contributed by atoms with Crippen LogP contribution in [0.1, 0.15) is 11.1 Å². The smallest absolute Gasteiger partial charge is 0.361 e. The van der Waals surface area contributed by atoms with Gasteiger partial charge in [0.15, 0.2) is 0 Å². The molecule has 0 aliphatic rings. The van der Waals surface area contributed by atoms with Crippen LogP contribution in [0.3, 0.4) is 0 Å². The Balaban J connectivity index is 1.86. The zero-order chi connectivity index (χ0) is 14.2. The highest BCUT2D eigenvalue weighted by Gasteiger charge is 2.18. The zero-order valence-electron chi connectivity index (χ0n) is 10.9. The molecular formula is C16H16O4. The normalized spacial score (nSPS) is 10.7. The van der Waals surface area contributed by atoms with Crippen molar-refractivity contribution in [2.45, 2.75) is 19.5 Å². The third kappa shape index (κ3) is 4.50. The minimum absolute atomic E-state index is 0.201. The number of carbonyl (C=O) groups is 1. The van der Waals surface area contributed by atoms with Crippen LogP contribution in [0.15, 0.2) is 60.7 Å². The summed E-state index contributed by atoms with van der Waals surface area (Å²) in [7, 11) is 0. The molecule has 104 valence electrons. The molecule has 20 heavy (non-hydrogen) atoms. The average molecular weight is 272 g/mol. The second-order valence-corrected chi connectivity index (χ2v) is 4.26. The summed E-state index contributed by atoms with van der Waals surface area (Å²) in [5.41, 5.74) is 1.81. The molecule has 4 heteroatoms. The summed E-state index contributed by atoms with van der Waals surface area (Å²) in [6, 6.07) is 18.8. The molecule has 0 radical (unpaired) electrons. The molecule has 2 aromatic rings. The van der Waals surface area contributed by atoms with Crippen LogP contribution in [0.5, 0.6) is 0 Å². The van der Waals surface area contributed by atoms with Crippen LogP contribution in [0.2, 0.25) is 0 Å². The second-order valence-electron chi connectivity index (χ2n) is 4.26. The van der Waals surface area contributed by atoms with Gasteiger partial charge in [0.25, 0.3) is 6.29 Å². The lowest BCUT2D eigenvalue weighted by Crippen LogP contribution is -2.26. The first-order valence-electron chi connectivity index (χ1n) is 6.29. The van der Waals surface area contributed by atoms with Gasteiger partial charge >= 0.3 is 5.97 Å². The lowest BCUT2D eigenvalue weighted by atomic mass is 10.2. The first kappa shape index (κ1) is 14.2. The standard InChI is InChI=1S/C16H16O4/c17-15(18)16(19-11-13-7-3-1-4-8-13)20-12-14-9-5-2-6-10-14/h1-10,16H,11-12H2,(H,17,18). The van der Waals surface area contributed by atoms with E-state index in [1.807, 2.05) is 60.7 Å². The number of ether oxygens (including phenoxy) is 2. The van der Waals surface area contributed by atoms with Gasteiger partial charge in [0.05, 0.1) is 13.2 Å². The molecule has 0 saturated heterocycles. The molecule has 4 nitrogen and oxygen atoms in total. The van der Waals surface area contributed by atoms with Gasteiger partial charge in [-0.05, 0) is 11.1 Å². The zero-order valence-corrected chi connectivity index (χ0v) is 10.9. The minimum Gasteiger partial charge on any atom is -0.477 e. The SMILES string of the molecule is O=C(O)C(OCc1ccccc1)OCc1ccccc1. The van der Waals surface area contributed by atoms with E-state index in [1.54, 1.807) is 0 Å². The molecule has 0 aliphatic carbocycles. The van der Waals surface area contributed by atoms with Crippen molar-refractivity contribution in [1.29, 1.82) is 0 Å². The van der Waals surface area contributed by atoms with Crippen molar-refractivity contribution in [2.75, 3.05) is 0 Å². The summed E-state index contributed by atoms with van der Waals surface area (Å²) in [5.74, 6) is -1.13. The monoisotopic (exact) mass is 272 g/mol. The highest BCUT2D eigenvalue weighted by molar-refractivity contribution is 5.70. The Labute approximate surface area is 117 Å². The maximum atomic E-state index is 11.1. The third-order valence-electron chi connectivity index (χ3n) is 2.69. The van der Waals surface area contributed by atoms with Crippen molar-refractivity contribution >= 4 is 5.97 Å². The Bertz CT molecular complexity index is 481. The largest absolute Gasteiger partial charge is 0.477 e. The van der Waals surface area contributed by atoms with Crippen molar-refractivity contribution in [3.8, 4) is 0 Å². The summed E-state index contributed by atoms with van der Waals surface area (Å²) in [6.45, 7) is 0.402. The third-order valence-corrected chi connectivity index (χ3v) is 2.69. The van der Waals surface area contributed by atoms with Gasteiger partial charge in [0.1, 0.15) is 0 Å². The molecule has 0 saturated carbocycles. The number of benzene rings is 2. The highest BCUT2D eigenvalue weighted by Crippen LogP contribution is 2.08. The number of aliphatic carboxylic acids is 1. The fraction of sp³-hybridized carbons (Fsp3) is 0.188. The maximum absolute atomic E-state index is 11.1. The van der Waals surface area contributed by atoms with Gasteiger partial charge in [-0.15, -0.1) is 0 Å². The summed E-state index contributed by atoms with van der Waals surface area (Å²) in [6.07, 6.45) is -1.27. The Morgan fingerprint density at radius 3 is 1.60 bits per heavy atom. The van der Waals surface area contributed by atoms with Crippen LogP contribution >= 0.6 is 0 Å². The van der Waals surface area contributed by atoms with Gasteiger partial charge in [-0.2, -0.15) is 0 Å². The van der Waals surface area contributed by atoms with Crippen LogP contribution in [0, 0.1) is 0 Å². The van der Waals surface area contributed by atoms with E-state index in [0.29, 0.717) is 0 Å². The second kappa shape index (κ2) is 7.43. The van der Waals surface area contributed by atoms with E-state index in [2.05, 4.69) is 0 Å². The molecule has 0 aliphatic heterocycles. The molecule has 0 amide bonds. The molecule has 0 atom stereocenters. The molecule has 2 rings (SSSR count). The van der Waals surface area contributed by atoms with Crippen LogP contribution in [-0.4, -0.2) is 17.4 Å². The lowest BCUT2D eigenvalue weighted by Gasteiger charge is -2.14.